The minimum Gasteiger partial charge on any atom is -0.408 e. The molecule has 0 unspecified atom stereocenters. The third kappa shape index (κ3) is 3.86. The largest absolute Gasteiger partial charge is 0.421 e. The van der Waals surface area contributed by atoms with Gasteiger partial charge in [0.25, 0.3) is 0 Å². The fraction of sp³-hybridized carbons (Fsp3) is 0.429. The van der Waals surface area contributed by atoms with Gasteiger partial charge in [0.2, 0.25) is 5.91 Å². The number of hydrogen-bond acceptors (Lipinski definition) is 4. The van der Waals surface area contributed by atoms with Crippen LogP contribution in [0.3, 0.4) is 0 Å². The van der Waals surface area contributed by atoms with Crippen LogP contribution in [0.25, 0.3) is 11.1 Å². The molecule has 7 heteroatoms. The van der Waals surface area contributed by atoms with Crippen molar-refractivity contribution in [2.45, 2.75) is 20.0 Å². The molecule has 6 nitrogen and oxygen atoms in total. The Morgan fingerprint density at radius 3 is 2.95 bits per heavy atom. The van der Waals surface area contributed by atoms with Gasteiger partial charge in [-0.3, -0.25) is 14.3 Å². The van der Waals surface area contributed by atoms with E-state index in [1.807, 2.05) is 6.92 Å². The van der Waals surface area contributed by atoms with Crippen LogP contribution >= 0.6 is 11.6 Å². The highest BCUT2D eigenvalue weighted by Crippen LogP contribution is 2.18. The summed E-state index contributed by atoms with van der Waals surface area (Å²) in [5, 5.41) is 3.30. The normalized spacial score (nSPS) is 11.2. The first-order valence-electron chi connectivity index (χ1n) is 6.75. The molecule has 0 atom stereocenters. The Labute approximate surface area is 127 Å². The molecule has 1 aromatic carbocycles. The smallest absolute Gasteiger partial charge is 0.408 e. The monoisotopic (exact) mass is 311 g/mol. The average molecular weight is 312 g/mol. The predicted molar refractivity (Wildman–Crippen MR) is 81.4 cm³/mol. The van der Waals surface area contributed by atoms with Crippen molar-refractivity contribution in [1.82, 2.24) is 14.8 Å². The summed E-state index contributed by atoms with van der Waals surface area (Å²) in [6.45, 7) is 3.13. The first-order chi connectivity index (χ1) is 10.0. The second kappa shape index (κ2) is 6.78. The SMILES string of the molecule is CCCNC(=O)CN(C)Cn1c(=O)oc2cc(Cl)ccc21. The number of aromatic nitrogens is 1. The van der Waals surface area contributed by atoms with E-state index in [1.54, 1.807) is 30.1 Å². The van der Waals surface area contributed by atoms with Crippen LogP contribution in [0.4, 0.5) is 0 Å². The summed E-state index contributed by atoms with van der Waals surface area (Å²) >= 11 is 5.87. The van der Waals surface area contributed by atoms with Crippen molar-refractivity contribution in [3.8, 4) is 0 Å². The van der Waals surface area contributed by atoms with Gasteiger partial charge in [0.15, 0.2) is 5.58 Å². The molecule has 0 radical (unpaired) electrons. The van der Waals surface area contributed by atoms with E-state index in [0.717, 1.165) is 6.42 Å². The summed E-state index contributed by atoms with van der Waals surface area (Å²) in [5.74, 6) is -0.531. The zero-order chi connectivity index (χ0) is 15.4. The molecule has 1 N–H and O–H groups in total. The molecule has 0 saturated heterocycles. The molecule has 1 heterocycles. The molecule has 1 aromatic heterocycles. The van der Waals surface area contributed by atoms with Crippen molar-refractivity contribution in [2.24, 2.45) is 0 Å². The second-order valence-electron chi connectivity index (χ2n) is 4.91. The minimum absolute atomic E-state index is 0.0664. The fourth-order valence-corrected chi connectivity index (χ4v) is 2.19. The maximum Gasteiger partial charge on any atom is 0.421 e. The molecular weight excluding hydrogens is 294 g/mol. The number of oxazole rings is 1. The molecule has 0 bridgehead atoms. The Bertz CT molecular complexity index is 692. The maximum atomic E-state index is 11.9. The number of benzene rings is 1. The van der Waals surface area contributed by atoms with Crippen LogP contribution in [0.1, 0.15) is 13.3 Å². The van der Waals surface area contributed by atoms with E-state index in [-0.39, 0.29) is 19.1 Å². The standard InChI is InChI=1S/C14H18ClN3O3/c1-3-6-16-13(19)8-17(2)9-18-11-5-4-10(15)7-12(11)21-14(18)20/h4-5,7H,3,6,8-9H2,1-2H3,(H,16,19). The highest BCUT2D eigenvalue weighted by Gasteiger charge is 2.13. The average Bonchev–Trinajstić information content (AvgIpc) is 2.71. The van der Waals surface area contributed by atoms with Gasteiger partial charge in [-0.05, 0) is 25.6 Å². The van der Waals surface area contributed by atoms with Crippen LogP contribution in [-0.4, -0.2) is 35.5 Å². The minimum atomic E-state index is -0.465. The summed E-state index contributed by atoms with van der Waals surface area (Å²) in [5.41, 5.74) is 1.10. The summed E-state index contributed by atoms with van der Waals surface area (Å²) in [4.78, 5) is 25.3. The molecule has 2 rings (SSSR count). The van der Waals surface area contributed by atoms with Crippen molar-refractivity contribution < 1.29 is 9.21 Å². The van der Waals surface area contributed by atoms with Crippen LogP contribution in [0.2, 0.25) is 5.02 Å². The second-order valence-corrected chi connectivity index (χ2v) is 5.35. The van der Waals surface area contributed by atoms with Crippen molar-refractivity contribution in [2.75, 3.05) is 20.1 Å². The van der Waals surface area contributed by atoms with E-state index in [0.29, 0.717) is 22.7 Å². The lowest BCUT2D eigenvalue weighted by atomic mass is 10.3. The van der Waals surface area contributed by atoms with Crippen LogP contribution in [-0.2, 0) is 11.5 Å². The van der Waals surface area contributed by atoms with Crippen LogP contribution in [0, 0.1) is 0 Å². The lowest BCUT2D eigenvalue weighted by molar-refractivity contribution is -0.122. The van der Waals surface area contributed by atoms with Gasteiger partial charge in [-0.2, -0.15) is 0 Å². The van der Waals surface area contributed by atoms with E-state index < -0.39 is 5.76 Å². The molecule has 1 amide bonds. The number of likely N-dealkylation sites (N-methyl/N-ethyl adjacent to an activating group) is 1. The number of fused-ring (bicyclic) bond motifs is 1. The lowest BCUT2D eigenvalue weighted by Crippen LogP contribution is -2.37. The van der Waals surface area contributed by atoms with Gasteiger partial charge in [-0.25, -0.2) is 4.79 Å². The van der Waals surface area contributed by atoms with Gasteiger partial charge in [0.05, 0.1) is 18.7 Å². The molecule has 2 aromatic rings. The Hall–Kier alpha value is -1.79. The van der Waals surface area contributed by atoms with Gasteiger partial charge in [0.1, 0.15) is 0 Å². The van der Waals surface area contributed by atoms with Crippen LogP contribution in [0.15, 0.2) is 27.4 Å². The van der Waals surface area contributed by atoms with Crippen molar-refractivity contribution in [1.29, 1.82) is 0 Å². The fourth-order valence-electron chi connectivity index (χ4n) is 2.03. The molecular formula is C14H18ClN3O3. The van der Waals surface area contributed by atoms with E-state index in [9.17, 15) is 9.59 Å². The molecule has 0 saturated carbocycles. The van der Waals surface area contributed by atoms with Gasteiger partial charge in [0, 0.05) is 17.6 Å². The number of hydrogen-bond donors (Lipinski definition) is 1. The first kappa shape index (κ1) is 15.6. The van der Waals surface area contributed by atoms with Crippen LogP contribution < -0.4 is 11.1 Å². The van der Waals surface area contributed by atoms with Crippen LogP contribution in [0.5, 0.6) is 0 Å². The molecule has 0 aliphatic heterocycles. The number of nitrogens with zero attached hydrogens (tertiary/aromatic N) is 2. The third-order valence-electron chi connectivity index (χ3n) is 3.00. The number of rotatable bonds is 6. The highest BCUT2D eigenvalue weighted by atomic mass is 35.5. The number of carbonyl (C=O) groups is 1. The van der Waals surface area contributed by atoms with Crippen molar-refractivity contribution in [3.05, 3.63) is 33.8 Å². The number of carbonyl (C=O) groups excluding carboxylic acids is 1. The molecule has 114 valence electrons. The van der Waals surface area contributed by atoms with Gasteiger partial charge >= 0.3 is 5.76 Å². The Morgan fingerprint density at radius 1 is 1.48 bits per heavy atom. The maximum absolute atomic E-state index is 11.9. The number of nitrogens with one attached hydrogen (secondary N) is 1. The molecule has 0 aliphatic carbocycles. The number of amides is 1. The van der Waals surface area contributed by atoms with E-state index >= 15 is 0 Å². The van der Waals surface area contributed by atoms with Gasteiger partial charge in [-0.1, -0.05) is 18.5 Å². The molecule has 21 heavy (non-hydrogen) atoms. The molecule has 0 spiro atoms. The summed E-state index contributed by atoms with van der Waals surface area (Å²) in [7, 11) is 1.77. The first-order valence-corrected chi connectivity index (χ1v) is 7.13. The lowest BCUT2D eigenvalue weighted by Gasteiger charge is -2.16. The summed E-state index contributed by atoms with van der Waals surface area (Å²) in [6, 6.07) is 5.03. The van der Waals surface area contributed by atoms with Crippen molar-refractivity contribution >= 4 is 28.6 Å². The number of halogens is 1. The predicted octanol–water partition coefficient (Wildman–Crippen LogP) is 1.66. The van der Waals surface area contributed by atoms with E-state index in [2.05, 4.69) is 5.32 Å². The Balaban J connectivity index is 2.10. The van der Waals surface area contributed by atoms with Crippen molar-refractivity contribution in [3.63, 3.8) is 0 Å². The van der Waals surface area contributed by atoms with E-state index in [1.165, 1.54) is 4.57 Å². The summed E-state index contributed by atoms with van der Waals surface area (Å²) < 4.78 is 6.62. The van der Waals surface area contributed by atoms with Gasteiger partial charge < -0.3 is 9.73 Å². The Kier molecular flexibility index (Phi) is 5.03. The summed E-state index contributed by atoms with van der Waals surface area (Å²) in [6.07, 6.45) is 0.891. The van der Waals surface area contributed by atoms with E-state index in [4.69, 9.17) is 16.0 Å². The Morgan fingerprint density at radius 2 is 2.24 bits per heavy atom. The molecule has 0 fully saturated rings. The quantitative estimate of drug-likeness (QED) is 0.881. The topological polar surface area (TPSA) is 67.5 Å². The highest BCUT2D eigenvalue weighted by molar-refractivity contribution is 6.31. The third-order valence-corrected chi connectivity index (χ3v) is 3.23. The zero-order valence-corrected chi connectivity index (χ0v) is 12.8. The molecule has 0 aliphatic rings. The van der Waals surface area contributed by atoms with Gasteiger partial charge in [-0.15, -0.1) is 0 Å². The zero-order valence-electron chi connectivity index (χ0n) is 12.1.